The molecule has 1 fully saturated rings. The summed E-state index contributed by atoms with van der Waals surface area (Å²) in [5.41, 5.74) is 1.89. The summed E-state index contributed by atoms with van der Waals surface area (Å²) >= 11 is 0. The van der Waals surface area contributed by atoms with Crippen LogP contribution < -0.4 is 5.32 Å². The maximum atomic E-state index is 13.5. The van der Waals surface area contributed by atoms with Crippen molar-refractivity contribution in [3.8, 4) is 0 Å². The van der Waals surface area contributed by atoms with E-state index in [0.29, 0.717) is 6.54 Å². The maximum Gasteiger partial charge on any atom is 0.127 e. The van der Waals surface area contributed by atoms with Gasteiger partial charge in [-0.25, -0.2) is 4.39 Å². The van der Waals surface area contributed by atoms with E-state index in [0.717, 1.165) is 24.1 Å². The molecule has 106 valence electrons. The van der Waals surface area contributed by atoms with Crippen LogP contribution in [0.25, 0.3) is 0 Å². The Morgan fingerprint density at radius 3 is 2.79 bits per heavy atom. The van der Waals surface area contributed by atoms with Gasteiger partial charge in [0.05, 0.1) is 0 Å². The summed E-state index contributed by atoms with van der Waals surface area (Å²) in [6.45, 7) is 7.28. The quantitative estimate of drug-likeness (QED) is 0.794. The standard InChI is InChI=1S/C16H25FN2/c1-14-6-7-16(17)15(12-14)13-18-8-5-11-19-9-3-2-4-10-19/h6-7,12,18H,2-5,8-11,13H2,1H3. The van der Waals surface area contributed by atoms with Gasteiger partial charge < -0.3 is 10.2 Å². The van der Waals surface area contributed by atoms with E-state index in [1.165, 1.54) is 38.9 Å². The number of hydrogen-bond donors (Lipinski definition) is 1. The second-order valence-corrected chi connectivity index (χ2v) is 5.53. The second-order valence-electron chi connectivity index (χ2n) is 5.53. The monoisotopic (exact) mass is 264 g/mol. The molecule has 0 radical (unpaired) electrons. The van der Waals surface area contributed by atoms with Crippen LogP contribution in [0.3, 0.4) is 0 Å². The molecule has 1 aliphatic heterocycles. The summed E-state index contributed by atoms with van der Waals surface area (Å²) in [5, 5.41) is 3.34. The SMILES string of the molecule is Cc1ccc(F)c(CNCCCN2CCCCC2)c1. The lowest BCUT2D eigenvalue weighted by Gasteiger charge is -2.26. The number of hydrogen-bond acceptors (Lipinski definition) is 2. The molecule has 19 heavy (non-hydrogen) atoms. The van der Waals surface area contributed by atoms with Crippen LogP contribution in [0.5, 0.6) is 0 Å². The van der Waals surface area contributed by atoms with Crippen molar-refractivity contribution in [3.63, 3.8) is 0 Å². The Hall–Kier alpha value is -0.930. The summed E-state index contributed by atoms with van der Waals surface area (Å²) in [6.07, 6.45) is 5.23. The third-order valence-electron chi connectivity index (χ3n) is 3.79. The molecule has 0 amide bonds. The Labute approximate surface area is 116 Å². The summed E-state index contributed by atoms with van der Waals surface area (Å²) < 4.78 is 13.5. The number of nitrogens with zero attached hydrogens (tertiary/aromatic N) is 1. The normalized spacial score (nSPS) is 16.7. The van der Waals surface area contributed by atoms with E-state index in [2.05, 4.69) is 10.2 Å². The molecule has 0 unspecified atom stereocenters. The van der Waals surface area contributed by atoms with E-state index < -0.39 is 0 Å². The number of benzene rings is 1. The highest BCUT2D eigenvalue weighted by Crippen LogP contribution is 2.10. The van der Waals surface area contributed by atoms with Crippen LogP contribution in [-0.2, 0) is 6.54 Å². The molecule has 0 saturated carbocycles. The van der Waals surface area contributed by atoms with Crippen LogP contribution in [-0.4, -0.2) is 31.1 Å². The molecule has 2 rings (SSSR count). The van der Waals surface area contributed by atoms with Gasteiger partial charge in [0.15, 0.2) is 0 Å². The van der Waals surface area contributed by atoms with Gasteiger partial charge in [-0.3, -0.25) is 0 Å². The predicted octanol–water partition coefficient (Wildman–Crippen LogP) is 3.10. The Morgan fingerprint density at radius 1 is 1.21 bits per heavy atom. The van der Waals surface area contributed by atoms with Crippen LogP contribution in [0.1, 0.15) is 36.8 Å². The van der Waals surface area contributed by atoms with E-state index >= 15 is 0 Å². The number of aryl methyl sites for hydroxylation is 1. The van der Waals surface area contributed by atoms with Gasteiger partial charge in [0.1, 0.15) is 5.82 Å². The largest absolute Gasteiger partial charge is 0.313 e. The second kappa shape index (κ2) is 7.61. The molecule has 1 N–H and O–H groups in total. The van der Waals surface area contributed by atoms with E-state index in [4.69, 9.17) is 0 Å². The van der Waals surface area contributed by atoms with Gasteiger partial charge in [0, 0.05) is 12.1 Å². The maximum absolute atomic E-state index is 13.5. The molecular weight excluding hydrogens is 239 g/mol. The number of halogens is 1. The number of likely N-dealkylation sites (tertiary alicyclic amines) is 1. The van der Waals surface area contributed by atoms with Gasteiger partial charge in [-0.2, -0.15) is 0 Å². The zero-order valence-corrected chi connectivity index (χ0v) is 11.9. The van der Waals surface area contributed by atoms with Crippen molar-refractivity contribution < 1.29 is 4.39 Å². The summed E-state index contributed by atoms with van der Waals surface area (Å²) in [5.74, 6) is -0.103. The van der Waals surface area contributed by atoms with Gasteiger partial charge >= 0.3 is 0 Å². The first-order valence-electron chi connectivity index (χ1n) is 7.44. The Balaban J connectivity index is 1.62. The molecule has 1 heterocycles. The number of rotatable bonds is 6. The zero-order chi connectivity index (χ0) is 13.5. The van der Waals surface area contributed by atoms with E-state index in [-0.39, 0.29) is 5.82 Å². The summed E-state index contributed by atoms with van der Waals surface area (Å²) in [6, 6.07) is 5.29. The van der Waals surface area contributed by atoms with Crippen molar-refractivity contribution in [1.82, 2.24) is 10.2 Å². The van der Waals surface area contributed by atoms with Crippen molar-refractivity contribution in [1.29, 1.82) is 0 Å². The Morgan fingerprint density at radius 2 is 2.00 bits per heavy atom. The molecule has 0 atom stereocenters. The number of nitrogens with one attached hydrogen (secondary N) is 1. The molecule has 2 nitrogen and oxygen atoms in total. The van der Waals surface area contributed by atoms with Gasteiger partial charge in [-0.05, 0) is 58.4 Å². The molecule has 3 heteroatoms. The van der Waals surface area contributed by atoms with Crippen molar-refractivity contribution in [2.45, 2.75) is 39.2 Å². The van der Waals surface area contributed by atoms with E-state index in [9.17, 15) is 4.39 Å². The van der Waals surface area contributed by atoms with Crippen LogP contribution >= 0.6 is 0 Å². The molecule has 1 saturated heterocycles. The van der Waals surface area contributed by atoms with Gasteiger partial charge in [-0.1, -0.05) is 24.1 Å². The molecule has 1 aliphatic rings. The minimum Gasteiger partial charge on any atom is -0.313 e. The summed E-state index contributed by atoms with van der Waals surface area (Å²) in [4.78, 5) is 2.54. The van der Waals surface area contributed by atoms with Crippen LogP contribution in [0.4, 0.5) is 4.39 Å². The van der Waals surface area contributed by atoms with Crippen molar-refractivity contribution in [2.24, 2.45) is 0 Å². The lowest BCUT2D eigenvalue weighted by atomic mass is 10.1. The van der Waals surface area contributed by atoms with E-state index in [1.807, 2.05) is 19.1 Å². The average Bonchev–Trinajstić information content (AvgIpc) is 2.43. The Kier molecular flexibility index (Phi) is 5.80. The topological polar surface area (TPSA) is 15.3 Å². The predicted molar refractivity (Wildman–Crippen MR) is 77.8 cm³/mol. The molecule has 1 aromatic rings. The average molecular weight is 264 g/mol. The Bertz CT molecular complexity index is 386. The summed E-state index contributed by atoms with van der Waals surface area (Å²) in [7, 11) is 0. The lowest BCUT2D eigenvalue weighted by molar-refractivity contribution is 0.225. The van der Waals surface area contributed by atoms with Gasteiger partial charge in [0.2, 0.25) is 0 Å². The minimum atomic E-state index is -0.103. The minimum absolute atomic E-state index is 0.103. The first kappa shape index (κ1) is 14.5. The highest BCUT2D eigenvalue weighted by Gasteiger charge is 2.08. The van der Waals surface area contributed by atoms with Crippen LogP contribution in [0.15, 0.2) is 18.2 Å². The smallest absolute Gasteiger partial charge is 0.127 e. The van der Waals surface area contributed by atoms with Crippen LogP contribution in [0, 0.1) is 12.7 Å². The highest BCUT2D eigenvalue weighted by atomic mass is 19.1. The fraction of sp³-hybridized carbons (Fsp3) is 0.625. The van der Waals surface area contributed by atoms with Crippen molar-refractivity contribution in [2.75, 3.05) is 26.2 Å². The van der Waals surface area contributed by atoms with Gasteiger partial charge in [0.25, 0.3) is 0 Å². The molecule has 0 aromatic heterocycles. The molecule has 1 aromatic carbocycles. The van der Waals surface area contributed by atoms with Crippen molar-refractivity contribution >= 4 is 0 Å². The fourth-order valence-corrected chi connectivity index (χ4v) is 2.67. The van der Waals surface area contributed by atoms with E-state index in [1.54, 1.807) is 6.07 Å². The molecule has 0 bridgehead atoms. The first-order valence-corrected chi connectivity index (χ1v) is 7.44. The molecular formula is C16H25FN2. The third-order valence-corrected chi connectivity index (χ3v) is 3.79. The molecule has 0 spiro atoms. The lowest BCUT2D eigenvalue weighted by Crippen LogP contribution is -2.32. The van der Waals surface area contributed by atoms with Crippen LogP contribution in [0.2, 0.25) is 0 Å². The zero-order valence-electron chi connectivity index (χ0n) is 11.9. The first-order chi connectivity index (χ1) is 9.25. The molecule has 0 aliphatic carbocycles. The third kappa shape index (κ3) is 4.92. The highest BCUT2D eigenvalue weighted by molar-refractivity contribution is 5.23. The van der Waals surface area contributed by atoms with Gasteiger partial charge in [-0.15, -0.1) is 0 Å². The fourth-order valence-electron chi connectivity index (χ4n) is 2.67. The van der Waals surface area contributed by atoms with Crippen molar-refractivity contribution in [3.05, 3.63) is 35.1 Å². The number of piperidine rings is 1.